The highest BCUT2D eigenvalue weighted by atomic mass is 16.2. The Morgan fingerprint density at radius 2 is 1.88 bits per heavy atom. The Morgan fingerprint density at radius 3 is 2.64 bits per heavy atom. The topological polar surface area (TPSA) is 49.3 Å². The molecule has 1 aromatic heterocycles. The summed E-state index contributed by atoms with van der Waals surface area (Å²) in [5, 5.41) is 0. The quantitative estimate of drug-likeness (QED) is 0.861. The molecule has 1 fully saturated rings. The van der Waals surface area contributed by atoms with Gasteiger partial charge < -0.3 is 4.90 Å². The maximum Gasteiger partial charge on any atom is 0.232 e. The molecule has 0 atom stereocenters. The zero-order valence-electron chi connectivity index (χ0n) is 15.0. The van der Waals surface area contributed by atoms with Gasteiger partial charge in [-0.15, -0.1) is 0 Å². The van der Waals surface area contributed by atoms with E-state index in [1.807, 2.05) is 24.0 Å². The van der Waals surface area contributed by atoms with Crippen LogP contribution in [0.5, 0.6) is 0 Å². The van der Waals surface area contributed by atoms with E-state index >= 15 is 0 Å². The van der Waals surface area contributed by atoms with Gasteiger partial charge in [0.15, 0.2) is 5.82 Å². The lowest BCUT2D eigenvalue weighted by Crippen LogP contribution is -2.36. The smallest absolute Gasteiger partial charge is 0.232 e. The van der Waals surface area contributed by atoms with Crippen LogP contribution in [0.25, 0.3) is 11.4 Å². The average Bonchev–Trinajstić information content (AvgIpc) is 3.21. The molecule has 0 radical (unpaired) electrons. The minimum Gasteiger partial charge on any atom is -0.302 e. The maximum absolute atomic E-state index is 12.5. The fraction of sp³-hybridized carbons (Fsp3) is 0.450. The van der Waals surface area contributed by atoms with Crippen molar-refractivity contribution in [3.63, 3.8) is 0 Å². The van der Waals surface area contributed by atoms with Crippen LogP contribution in [0.3, 0.4) is 0 Å². The number of hydrogen-bond donors (Lipinski definition) is 0. The third-order valence-electron chi connectivity index (χ3n) is 5.19. The number of benzene rings is 1. The monoisotopic (exact) mass is 336 g/mol. The van der Waals surface area contributed by atoms with Crippen LogP contribution in [-0.2, 0) is 11.2 Å². The van der Waals surface area contributed by atoms with Gasteiger partial charge in [-0.05, 0) is 45.8 Å². The number of likely N-dealkylation sites (tertiary alicyclic amines) is 1. The fourth-order valence-electron chi connectivity index (χ4n) is 3.77. The first-order chi connectivity index (χ1) is 12.1. The molecule has 2 aliphatic heterocycles. The number of fused-ring (bicyclic) bond motifs is 1. The summed E-state index contributed by atoms with van der Waals surface area (Å²) < 4.78 is 0. The fourth-order valence-corrected chi connectivity index (χ4v) is 3.77. The van der Waals surface area contributed by atoms with Crippen LogP contribution in [0.1, 0.15) is 29.7 Å². The Bertz CT molecular complexity index is 811. The largest absolute Gasteiger partial charge is 0.302 e. The number of rotatable bonds is 4. The van der Waals surface area contributed by atoms with Crippen molar-refractivity contribution >= 4 is 11.7 Å². The van der Waals surface area contributed by atoms with Gasteiger partial charge in [0.25, 0.3) is 0 Å². The second kappa shape index (κ2) is 6.56. The van der Waals surface area contributed by atoms with Gasteiger partial charge in [0.05, 0.1) is 6.42 Å². The Balaban J connectivity index is 1.64. The summed E-state index contributed by atoms with van der Waals surface area (Å²) in [5.41, 5.74) is 4.09. The van der Waals surface area contributed by atoms with Crippen molar-refractivity contribution < 1.29 is 4.79 Å². The molecule has 25 heavy (non-hydrogen) atoms. The van der Waals surface area contributed by atoms with Crippen molar-refractivity contribution in [1.82, 2.24) is 14.9 Å². The average molecular weight is 336 g/mol. The molecule has 1 aromatic carbocycles. The molecule has 0 aliphatic carbocycles. The number of amides is 1. The zero-order valence-corrected chi connectivity index (χ0v) is 15.0. The van der Waals surface area contributed by atoms with Crippen molar-refractivity contribution in [1.29, 1.82) is 0 Å². The molecule has 3 heterocycles. The standard InChI is InChI=1S/C20H24N4O/c1-14-6-5-7-16(12-14)19-21-15(2)17-13-18(25)24(20(17)22-19)11-10-23-8-3-4-9-23/h5-7,12H,3-4,8-11,13H2,1-2H3. The van der Waals surface area contributed by atoms with Crippen molar-refractivity contribution in [3.05, 3.63) is 41.1 Å². The molecule has 0 N–H and O–H groups in total. The molecule has 4 rings (SSSR count). The highest BCUT2D eigenvalue weighted by molar-refractivity contribution is 6.00. The molecule has 0 bridgehead atoms. The summed E-state index contributed by atoms with van der Waals surface area (Å²) in [5.74, 6) is 1.67. The highest BCUT2D eigenvalue weighted by Crippen LogP contribution is 2.31. The Labute approximate surface area is 148 Å². The van der Waals surface area contributed by atoms with E-state index < -0.39 is 0 Å². The van der Waals surface area contributed by atoms with E-state index in [1.165, 1.54) is 18.4 Å². The summed E-state index contributed by atoms with van der Waals surface area (Å²) in [4.78, 5) is 26.3. The Morgan fingerprint density at radius 1 is 1.08 bits per heavy atom. The van der Waals surface area contributed by atoms with Crippen LogP contribution in [0.2, 0.25) is 0 Å². The SMILES string of the molecule is Cc1cccc(-c2nc(C)c3c(n2)N(CCN2CCCC2)C(=O)C3)c1. The summed E-state index contributed by atoms with van der Waals surface area (Å²) >= 11 is 0. The second-order valence-corrected chi connectivity index (χ2v) is 7.08. The first-order valence-electron chi connectivity index (χ1n) is 9.09. The van der Waals surface area contributed by atoms with Crippen molar-refractivity contribution in [3.8, 4) is 11.4 Å². The van der Waals surface area contributed by atoms with Gasteiger partial charge in [-0.1, -0.05) is 23.8 Å². The molecular weight excluding hydrogens is 312 g/mol. The van der Waals surface area contributed by atoms with E-state index in [1.54, 1.807) is 0 Å². The second-order valence-electron chi connectivity index (χ2n) is 7.08. The van der Waals surface area contributed by atoms with Gasteiger partial charge in [-0.3, -0.25) is 9.69 Å². The van der Waals surface area contributed by atoms with Crippen LogP contribution < -0.4 is 4.90 Å². The number of aryl methyl sites for hydroxylation is 2. The third-order valence-corrected chi connectivity index (χ3v) is 5.19. The predicted octanol–water partition coefficient (Wildman–Crippen LogP) is 2.75. The lowest BCUT2D eigenvalue weighted by molar-refractivity contribution is -0.117. The molecule has 5 heteroatoms. The van der Waals surface area contributed by atoms with E-state index in [2.05, 4.69) is 28.9 Å². The van der Waals surface area contributed by atoms with Crippen LogP contribution in [0, 0.1) is 13.8 Å². The van der Waals surface area contributed by atoms with Gasteiger partial charge in [-0.2, -0.15) is 0 Å². The zero-order chi connectivity index (χ0) is 17.4. The minimum atomic E-state index is 0.146. The molecular formula is C20H24N4O. The maximum atomic E-state index is 12.5. The van der Waals surface area contributed by atoms with E-state index in [-0.39, 0.29) is 5.91 Å². The van der Waals surface area contributed by atoms with Gasteiger partial charge >= 0.3 is 0 Å². The number of carbonyl (C=O) groups excluding carboxylic acids is 1. The van der Waals surface area contributed by atoms with E-state index in [0.29, 0.717) is 12.2 Å². The van der Waals surface area contributed by atoms with Crippen LogP contribution in [0.15, 0.2) is 24.3 Å². The predicted molar refractivity (Wildman–Crippen MR) is 98.7 cm³/mol. The number of hydrogen-bond acceptors (Lipinski definition) is 4. The van der Waals surface area contributed by atoms with Gasteiger partial charge in [0.2, 0.25) is 5.91 Å². The lowest BCUT2D eigenvalue weighted by Gasteiger charge is -2.21. The molecule has 2 aliphatic rings. The molecule has 1 saturated heterocycles. The molecule has 0 spiro atoms. The molecule has 2 aromatic rings. The third kappa shape index (κ3) is 3.16. The summed E-state index contributed by atoms with van der Waals surface area (Å²) in [6.07, 6.45) is 2.96. The van der Waals surface area contributed by atoms with Crippen molar-refractivity contribution in [2.75, 3.05) is 31.1 Å². The van der Waals surface area contributed by atoms with E-state index in [4.69, 9.17) is 4.98 Å². The van der Waals surface area contributed by atoms with Crippen LogP contribution >= 0.6 is 0 Å². The van der Waals surface area contributed by atoms with Gasteiger partial charge in [-0.25, -0.2) is 9.97 Å². The Hall–Kier alpha value is -2.27. The lowest BCUT2D eigenvalue weighted by atomic mass is 10.1. The first-order valence-corrected chi connectivity index (χ1v) is 9.09. The van der Waals surface area contributed by atoms with Gasteiger partial charge in [0, 0.05) is 29.9 Å². The summed E-state index contributed by atoms with van der Waals surface area (Å²) in [7, 11) is 0. The van der Waals surface area contributed by atoms with E-state index in [9.17, 15) is 4.79 Å². The summed E-state index contributed by atoms with van der Waals surface area (Å²) in [6.45, 7) is 7.98. The number of nitrogens with zero attached hydrogens (tertiary/aromatic N) is 4. The molecule has 0 saturated carbocycles. The first kappa shape index (κ1) is 16.2. The number of carbonyl (C=O) groups is 1. The highest BCUT2D eigenvalue weighted by Gasteiger charge is 2.31. The number of anilines is 1. The van der Waals surface area contributed by atoms with E-state index in [0.717, 1.165) is 48.8 Å². The summed E-state index contributed by atoms with van der Waals surface area (Å²) in [6, 6.07) is 8.20. The normalized spacial score (nSPS) is 17.4. The van der Waals surface area contributed by atoms with Crippen LogP contribution in [0.4, 0.5) is 5.82 Å². The minimum absolute atomic E-state index is 0.146. The molecule has 1 amide bonds. The van der Waals surface area contributed by atoms with Crippen molar-refractivity contribution in [2.45, 2.75) is 33.1 Å². The molecule has 0 unspecified atom stereocenters. The van der Waals surface area contributed by atoms with Crippen LogP contribution in [-0.4, -0.2) is 47.0 Å². The van der Waals surface area contributed by atoms with Crippen molar-refractivity contribution in [2.24, 2.45) is 0 Å². The molecule has 5 nitrogen and oxygen atoms in total. The number of aromatic nitrogens is 2. The molecule has 130 valence electrons. The Kier molecular flexibility index (Phi) is 4.25. The van der Waals surface area contributed by atoms with Gasteiger partial charge in [0.1, 0.15) is 5.82 Å².